The van der Waals surface area contributed by atoms with Crippen molar-refractivity contribution in [3.63, 3.8) is 0 Å². The number of ether oxygens (including phenoxy) is 1. The van der Waals surface area contributed by atoms with Crippen LogP contribution in [0.25, 0.3) is 9.88 Å². The van der Waals surface area contributed by atoms with Gasteiger partial charge in [-0.2, -0.15) is 0 Å². The van der Waals surface area contributed by atoms with Gasteiger partial charge in [-0.3, -0.25) is 4.79 Å². The molecule has 20 heavy (non-hydrogen) atoms. The fraction of sp³-hybridized carbons (Fsp3) is 0.429. The van der Waals surface area contributed by atoms with E-state index in [0.717, 1.165) is 23.5 Å². The van der Waals surface area contributed by atoms with E-state index in [0.29, 0.717) is 13.2 Å². The number of carbonyl (C=O) groups excluding carboxylic acids is 1. The zero-order valence-electron chi connectivity index (χ0n) is 11.2. The van der Waals surface area contributed by atoms with Crippen LogP contribution in [0.1, 0.15) is 18.5 Å². The Morgan fingerprint density at radius 3 is 3.15 bits per heavy atom. The van der Waals surface area contributed by atoms with Gasteiger partial charge in [0, 0.05) is 19.0 Å². The summed E-state index contributed by atoms with van der Waals surface area (Å²) in [7, 11) is 1.81. The largest absolute Gasteiger partial charge is 0.368 e. The lowest BCUT2D eigenvalue weighted by molar-refractivity contribution is -0.140. The molecule has 106 valence electrons. The second kappa shape index (κ2) is 6.03. The molecule has 0 saturated carbocycles. The van der Waals surface area contributed by atoms with Crippen LogP contribution in [0.5, 0.6) is 0 Å². The van der Waals surface area contributed by atoms with E-state index in [1.54, 1.807) is 27.6 Å². The fourth-order valence-electron chi connectivity index (χ4n) is 2.23. The third-order valence-corrected chi connectivity index (χ3v) is 5.19. The molecule has 6 heteroatoms. The highest BCUT2D eigenvalue weighted by Gasteiger charge is 2.26. The smallest absolute Gasteiger partial charge is 0.251 e. The molecule has 1 aliphatic heterocycles. The fourth-order valence-corrected chi connectivity index (χ4v) is 3.86. The number of nitrogens with zero attached hydrogens (tertiary/aromatic N) is 2. The monoisotopic (exact) mass is 308 g/mol. The molecule has 4 nitrogen and oxygen atoms in total. The van der Waals surface area contributed by atoms with Crippen molar-refractivity contribution in [2.45, 2.75) is 25.5 Å². The maximum atomic E-state index is 12.2. The van der Waals surface area contributed by atoms with Gasteiger partial charge in [-0.05, 0) is 24.3 Å². The molecule has 0 bridgehead atoms. The predicted molar refractivity (Wildman–Crippen MR) is 80.9 cm³/mol. The van der Waals surface area contributed by atoms with Gasteiger partial charge in [0.1, 0.15) is 11.1 Å². The Bertz CT molecular complexity index is 574. The Kier molecular flexibility index (Phi) is 4.14. The topological polar surface area (TPSA) is 42.4 Å². The van der Waals surface area contributed by atoms with Crippen molar-refractivity contribution >= 4 is 28.6 Å². The molecule has 1 atom stereocenters. The summed E-state index contributed by atoms with van der Waals surface area (Å²) in [5, 5.41) is 5.09. The number of thiophene rings is 1. The number of hydrogen-bond acceptors (Lipinski definition) is 5. The summed E-state index contributed by atoms with van der Waals surface area (Å²) in [5.41, 5.74) is 0.937. The molecule has 2 aromatic heterocycles. The van der Waals surface area contributed by atoms with Crippen molar-refractivity contribution in [3.8, 4) is 9.88 Å². The van der Waals surface area contributed by atoms with Crippen molar-refractivity contribution in [1.82, 2.24) is 9.88 Å². The first-order chi connectivity index (χ1) is 9.74. The van der Waals surface area contributed by atoms with Crippen LogP contribution in [0, 0.1) is 0 Å². The van der Waals surface area contributed by atoms with Crippen molar-refractivity contribution < 1.29 is 9.53 Å². The molecule has 0 aromatic carbocycles. The maximum absolute atomic E-state index is 12.2. The SMILES string of the molecule is CN(Cc1csc(-c2cccs2)n1)C(=O)[C@H]1CCCO1. The number of rotatable bonds is 4. The maximum Gasteiger partial charge on any atom is 0.251 e. The average Bonchev–Trinajstić information content (AvgIpc) is 3.19. The van der Waals surface area contributed by atoms with Crippen molar-refractivity contribution in [1.29, 1.82) is 0 Å². The Morgan fingerprint density at radius 2 is 2.45 bits per heavy atom. The summed E-state index contributed by atoms with van der Waals surface area (Å²) < 4.78 is 5.43. The minimum atomic E-state index is -0.254. The molecule has 0 unspecified atom stereocenters. The minimum absolute atomic E-state index is 0.0631. The van der Waals surface area contributed by atoms with E-state index < -0.39 is 0 Å². The number of hydrogen-bond donors (Lipinski definition) is 0. The predicted octanol–water partition coefficient (Wildman–Crippen LogP) is 3.01. The van der Waals surface area contributed by atoms with E-state index >= 15 is 0 Å². The second-order valence-corrected chi connectivity index (χ2v) is 6.62. The van der Waals surface area contributed by atoms with Crippen LogP contribution < -0.4 is 0 Å². The molecule has 0 spiro atoms. The van der Waals surface area contributed by atoms with Crippen molar-refractivity contribution in [2.75, 3.05) is 13.7 Å². The lowest BCUT2D eigenvalue weighted by atomic mass is 10.2. The van der Waals surface area contributed by atoms with Crippen LogP contribution in [0.15, 0.2) is 22.9 Å². The van der Waals surface area contributed by atoms with Crippen LogP contribution in [0.3, 0.4) is 0 Å². The van der Waals surface area contributed by atoms with Crippen LogP contribution in [-0.4, -0.2) is 35.5 Å². The number of likely N-dealkylation sites (N-methyl/N-ethyl adjacent to an activating group) is 1. The lowest BCUT2D eigenvalue weighted by Gasteiger charge is -2.19. The molecule has 0 radical (unpaired) electrons. The minimum Gasteiger partial charge on any atom is -0.368 e. The molecule has 3 heterocycles. The summed E-state index contributed by atoms with van der Waals surface area (Å²) in [6, 6.07) is 4.09. The summed E-state index contributed by atoms with van der Waals surface area (Å²) in [6.45, 7) is 1.24. The van der Waals surface area contributed by atoms with Gasteiger partial charge in [-0.1, -0.05) is 6.07 Å². The zero-order valence-corrected chi connectivity index (χ0v) is 12.9. The molecular formula is C14H16N2O2S2. The summed E-state index contributed by atoms with van der Waals surface area (Å²) in [6.07, 6.45) is 1.56. The van der Waals surface area contributed by atoms with E-state index in [1.165, 1.54) is 4.88 Å². The first-order valence-electron chi connectivity index (χ1n) is 6.59. The third kappa shape index (κ3) is 2.92. The Morgan fingerprint density at radius 1 is 1.55 bits per heavy atom. The van der Waals surface area contributed by atoms with Gasteiger partial charge < -0.3 is 9.64 Å². The van der Waals surface area contributed by atoms with Gasteiger partial charge in [0.05, 0.1) is 17.1 Å². The Labute approximate surface area is 126 Å². The average molecular weight is 308 g/mol. The third-order valence-electron chi connectivity index (χ3n) is 3.26. The van der Waals surface area contributed by atoms with Gasteiger partial charge in [0.25, 0.3) is 5.91 Å². The van der Waals surface area contributed by atoms with Crippen molar-refractivity contribution in [3.05, 3.63) is 28.6 Å². The molecule has 1 aliphatic rings. The van der Waals surface area contributed by atoms with E-state index in [9.17, 15) is 4.79 Å². The lowest BCUT2D eigenvalue weighted by Crippen LogP contribution is -2.35. The first kappa shape index (κ1) is 13.7. The number of aromatic nitrogens is 1. The van der Waals surface area contributed by atoms with E-state index in [2.05, 4.69) is 11.1 Å². The molecule has 1 fully saturated rings. The highest BCUT2D eigenvalue weighted by Crippen LogP contribution is 2.28. The van der Waals surface area contributed by atoms with Crippen molar-refractivity contribution in [2.24, 2.45) is 0 Å². The van der Waals surface area contributed by atoms with Gasteiger partial charge in [0.15, 0.2) is 0 Å². The normalized spacial score (nSPS) is 18.4. The molecule has 0 aliphatic carbocycles. The Balaban J connectivity index is 1.64. The van der Waals surface area contributed by atoms with Gasteiger partial charge in [-0.25, -0.2) is 4.98 Å². The first-order valence-corrected chi connectivity index (χ1v) is 8.35. The van der Waals surface area contributed by atoms with Crippen LogP contribution in [-0.2, 0) is 16.1 Å². The number of carbonyl (C=O) groups is 1. The number of amides is 1. The summed E-state index contributed by atoms with van der Waals surface area (Å²) in [5.74, 6) is 0.0631. The van der Waals surface area contributed by atoms with Gasteiger partial charge >= 0.3 is 0 Å². The molecule has 3 rings (SSSR count). The highest BCUT2D eigenvalue weighted by atomic mass is 32.1. The highest BCUT2D eigenvalue weighted by molar-refractivity contribution is 7.20. The van der Waals surface area contributed by atoms with Crippen LogP contribution >= 0.6 is 22.7 Å². The molecule has 0 N–H and O–H groups in total. The molecular weight excluding hydrogens is 292 g/mol. The summed E-state index contributed by atoms with van der Waals surface area (Å²) >= 11 is 3.31. The molecule has 2 aromatic rings. The van der Waals surface area contributed by atoms with E-state index in [1.807, 2.05) is 23.9 Å². The van der Waals surface area contributed by atoms with Crippen LogP contribution in [0.4, 0.5) is 0 Å². The van der Waals surface area contributed by atoms with E-state index in [4.69, 9.17) is 4.74 Å². The van der Waals surface area contributed by atoms with Gasteiger partial charge in [-0.15, -0.1) is 22.7 Å². The van der Waals surface area contributed by atoms with E-state index in [-0.39, 0.29) is 12.0 Å². The molecule has 1 amide bonds. The summed E-state index contributed by atoms with van der Waals surface area (Å²) in [4.78, 5) is 19.6. The van der Waals surface area contributed by atoms with Crippen LogP contribution in [0.2, 0.25) is 0 Å². The molecule has 1 saturated heterocycles. The Hall–Kier alpha value is -1.24. The zero-order chi connectivity index (χ0) is 13.9. The standard InChI is InChI=1S/C14H16N2O2S2/c1-16(14(17)11-4-2-6-18-11)8-10-9-20-13(15-10)12-5-3-7-19-12/h3,5,7,9,11H,2,4,6,8H2,1H3/t11-/m1/s1. The quantitative estimate of drug-likeness (QED) is 0.872. The second-order valence-electron chi connectivity index (χ2n) is 4.82. The number of thiazole rings is 1. The van der Waals surface area contributed by atoms with Gasteiger partial charge in [0.2, 0.25) is 0 Å².